The second-order valence-electron chi connectivity index (χ2n) is 4.68. The van der Waals surface area contributed by atoms with Crippen LogP contribution in [0.4, 0.5) is 0 Å². The number of ether oxygens (including phenoxy) is 1. The summed E-state index contributed by atoms with van der Waals surface area (Å²) in [5.74, 6) is 1.78. The molecule has 2 rings (SSSR count). The minimum Gasteiger partial charge on any atom is -0.496 e. The summed E-state index contributed by atoms with van der Waals surface area (Å²) in [7, 11) is 1.70. The normalized spacial score (nSPS) is 12.4. The maximum absolute atomic E-state index is 5.56. The van der Waals surface area contributed by atoms with Crippen LogP contribution in [0.5, 0.6) is 5.75 Å². The van der Waals surface area contributed by atoms with Crippen molar-refractivity contribution in [2.45, 2.75) is 26.4 Å². The fourth-order valence-corrected chi connectivity index (χ4v) is 2.69. The Morgan fingerprint density at radius 1 is 1.30 bits per heavy atom. The van der Waals surface area contributed by atoms with Crippen LogP contribution >= 0.6 is 31.9 Å². The highest BCUT2D eigenvalue weighted by Gasteiger charge is 2.13. The lowest BCUT2D eigenvalue weighted by molar-refractivity contribution is 0.396. The molecule has 1 aromatic carbocycles. The fourth-order valence-electron chi connectivity index (χ4n) is 2.03. The van der Waals surface area contributed by atoms with Crippen molar-refractivity contribution in [2.75, 3.05) is 7.11 Å². The number of halogens is 2. The highest BCUT2D eigenvalue weighted by atomic mass is 79.9. The number of benzene rings is 1. The SMILES string of the molecule is COc1ccc(C)cc1C(C)NCc1cc(Br)c(Br)o1. The second-order valence-corrected chi connectivity index (χ2v) is 6.26. The van der Waals surface area contributed by atoms with Crippen LogP contribution in [0.2, 0.25) is 0 Å². The Balaban J connectivity index is 2.08. The van der Waals surface area contributed by atoms with Gasteiger partial charge in [0.1, 0.15) is 11.5 Å². The standard InChI is InChI=1S/C15H17Br2NO2/c1-9-4-5-14(19-3)12(6-9)10(2)18-8-11-7-13(16)15(17)20-11/h4-7,10,18H,8H2,1-3H3. The fraction of sp³-hybridized carbons (Fsp3) is 0.333. The van der Waals surface area contributed by atoms with Crippen LogP contribution in [0.1, 0.15) is 29.9 Å². The molecule has 0 aliphatic carbocycles. The molecular formula is C15H17Br2NO2. The van der Waals surface area contributed by atoms with E-state index in [1.807, 2.05) is 12.1 Å². The summed E-state index contributed by atoms with van der Waals surface area (Å²) in [5, 5.41) is 3.44. The van der Waals surface area contributed by atoms with Crippen LogP contribution in [0, 0.1) is 6.92 Å². The van der Waals surface area contributed by atoms with Gasteiger partial charge in [-0.3, -0.25) is 0 Å². The van der Waals surface area contributed by atoms with E-state index < -0.39 is 0 Å². The van der Waals surface area contributed by atoms with E-state index >= 15 is 0 Å². The van der Waals surface area contributed by atoms with Crippen molar-refractivity contribution in [3.05, 3.63) is 50.3 Å². The van der Waals surface area contributed by atoms with Gasteiger partial charge in [-0.1, -0.05) is 17.7 Å². The zero-order valence-electron chi connectivity index (χ0n) is 11.7. The molecule has 20 heavy (non-hydrogen) atoms. The van der Waals surface area contributed by atoms with Crippen molar-refractivity contribution >= 4 is 31.9 Å². The molecule has 0 bridgehead atoms. The summed E-state index contributed by atoms with van der Waals surface area (Å²) in [6.07, 6.45) is 0. The Kier molecular flexibility index (Phi) is 5.29. The molecule has 0 aliphatic heterocycles. The molecule has 1 heterocycles. The molecule has 0 saturated heterocycles. The maximum Gasteiger partial charge on any atom is 0.183 e. The number of furan rings is 1. The molecule has 5 heteroatoms. The van der Waals surface area contributed by atoms with Gasteiger partial charge in [0.2, 0.25) is 0 Å². The first-order chi connectivity index (χ1) is 9.51. The third-order valence-electron chi connectivity index (χ3n) is 3.13. The van der Waals surface area contributed by atoms with Gasteiger partial charge in [-0.15, -0.1) is 0 Å². The van der Waals surface area contributed by atoms with Crippen molar-refractivity contribution in [1.29, 1.82) is 0 Å². The maximum atomic E-state index is 5.56. The van der Waals surface area contributed by atoms with Crippen LogP contribution in [-0.4, -0.2) is 7.11 Å². The smallest absolute Gasteiger partial charge is 0.183 e. The molecule has 108 valence electrons. The third-order valence-corrected chi connectivity index (χ3v) is 4.84. The van der Waals surface area contributed by atoms with Gasteiger partial charge < -0.3 is 14.5 Å². The third kappa shape index (κ3) is 3.65. The van der Waals surface area contributed by atoms with E-state index in [0.29, 0.717) is 6.54 Å². The van der Waals surface area contributed by atoms with Gasteiger partial charge in [0.25, 0.3) is 0 Å². The van der Waals surface area contributed by atoms with Gasteiger partial charge in [-0.2, -0.15) is 0 Å². The predicted molar refractivity (Wildman–Crippen MR) is 87.1 cm³/mol. The molecule has 1 unspecified atom stereocenters. The van der Waals surface area contributed by atoms with E-state index in [1.165, 1.54) is 5.56 Å². The largest absolute Gasteiger partial charge is 0.496 e. The number of hydrogen-bond acceptors (Lipinski definition) is 3. The van der Waals surface area contributed by atoms with E-state index in [9.17, 15) is 0 Å². The molecule has 0 amide bonds. The minimum atomic E-state index is 0.174. The lowest BCUT2D eigenvalue weighted by Crippen LogP contribution is -2.18. The summed E-state index contributed by atoms with van der Waals surface area (Å²) in [6, 6.07) is 8.33. The Morgan fingerprint density at radius 2 is 2.05 bits per heavy atom. The highest BCUT2D eigenvalue weighted by molar-refractivity contribution is 9.13. The van der Waals surface area contributed by atoms with Crippen molar-refractivity contribution in [2.24, 2.45) is 0 Å². The van der Waals surface area contributed by atoms with Gasteiger partial charge in [-0.25, -0.2) is 0 Å². The lowest BCUT2D eigenvalue weighted by atomic mass is 10.0. The van der Waals surface area contributed by atoms with E-state index in [1.54, 1.807) is 7.11 Å². The molecule has 0 fully saturated rings. The van der Waals surface area contributed by atoms with Crippen molar-refractivity contribution in [3.8, 4) is 5.75 Å². The first-order valence-electron chi connectivity index (χ1n) is 6.33. The minimum absolute atomic E-state index is 0.174. The summed E-state index contributed by atoms with van der Waals surface area (Å²) in [6.45, 7) is 4.85. The van der Waals surface area contributed by atoms with Gasteiger partial charge in [0.15, 0.2) is 4.67 Å². The van der Waals surface area contributed by atoms with Crippen LogP contribution in [-0.2, 0) is 6.54 Å². The van der Waals surface area contributed by atoms with E-state index in [0.717, 1.165) is 26.2 Å². The predicted octanol–water partition coefficient (Wildman–Crippen LogP) is 4.97. The Bertz CT molecular complexity index is 576. The Morgan fingerprint density at radius 3 is 2.65 bits per heavy atom. The quantitative estimate of drug-likeness (QED) is 0.766. The molecule has 0 spiro atoms. The van der Waals surface area contributed by atoms with Crippen LogP contribution < -0.4 is 10.1 Å². The van der Waals surface area contributed by atoms with E-state index in [4.69, 9.17) is 9.15 Å². The van der Waals surface area contributed by atoms with Crippen molar-refractivity contribution in [1.82, 2.24) is 5.32 Å². The number of methoxy groups -OCH3 is 1. The Labute approximate surface area is 136 Å². The van der Waals surface area contributed by atoms with Crippen LogP contribution in [0.3, 0.4) is 0 Å². The van der Waals surface area contributed by atoms with Gasteiger partial charge in [0, 0.05) is 11.6 Å². The molecule has 3 nitrogen and oxygen atoms in total. The van der Waals surface area contributed by atoms with E-state index in [-0.39, 0.29) is 6.04 Å². The second kappa shape index (κ2) is 6.78. The first kappa shape index (κ1) is 15.6. The number of rotatable bonds is 5. The lowest BCUT2D eigenvalue weighted by Gasteiger charge is -2.17. The van der Waals surface area contributed by atoms with Crippen LogP contribution in [0.15, 0.2) is 37.8 Å². The molecule has 1 N–H and O–H groups in total. The van der Waals surface area contributed by atoms with Crippen LogP contribution in [0.25, 0.3) is 0 Å². The molecule has 2 aromatic rings. The molecule has 1 aromatic heterocycles. The summed E-state index contributed by atoms with van der Waals surface area (Å²) in [4.78, 5) is 0. The summed E-state index contributed by atoms with van der Waals surface area (Å²) in [5.41, 5.74) is 2.37. The number of hydrogen-bond donors (Lipinski definition) is 1. The molecule has 0 radical (unpaired) electrons. The number of nitrogens with one attached hydrogen (secondary N) is 1. The van der Waals surface area contributed by atoms with Crippen molar-refractivity contribution in [3.63, 3.8) is 0 Å². The average Bonchev–Trinajstić information content (AvgIpc) is 2.75. The average molecular weight is 403 g/mol. The molecule has 1 atom stereocenters. The zero-order valence-corrected chi connectivity index (χ0v) is 14.8. The summed E-state index contributed by atoms with van der Waals surface area (Å²) < 4.78 is 12.6. The highest BCUT2D eigenvalue weighted by Crippen LogP contribution is 2.28. The van der Waals surface area contributed by atoms with Crippen molar-refractivity contribution < 1.29 is 9.15 Å². The van der Waals surface area contributed by atoms with E-state index in [2.05, 4.69) is 63.2 Å². The molecule has 0 saturated carbocycles. The summed E-state index contributed by atoms with van der Waals surface area (Å²) >= 11 is 6.75. The molecule has 0 aliphatic rings. The van der Waals surface area contributed by atoms with Gasteiger partial charge >= 0.3 is 0 Å². The first-order valence-corrected chi connectivity index (χ1v) is 7.91. The topological polar surface area (TPSA) is 34.4 Å². The monoisotopic (exact) mass is 401 g/mol. The molecular weight excluding hydrogens is 386 g/mol. The Hall–Kier alpha value is -0.780. The number of aryl methyl sites for hydroxylation is 1. The van der Waals surface area contributed by atoms with Gasteiger partial charge in [0.05, 0.1) is 18.1 Å². The van der Waals surface area contributed by atoms with Gasteiger partial charge in [-0.05, 0) is 57.8 Å². The zero-order chi connectivity index (χ0) is 14.7.